The van der Waals surface area contributed by atoms with Crippen molar-refractivity contribution in [3.8, 4) is 0 Å². The van der Waals surface area contributed by atoms with Crippen LogP contribution in [0.1, 0.15) is 21.8 Å². The molecule has 0 aliphatic rings. The fourth-order valence-corrected chi connectivity index (χ4v) is 2.07. The second-order valence-electron chi connectivity index (χ2n) is 5.06. The zero-order valence-electron chi connectivity index (χ0n) is 12.5. The van der Waals surface area contributed by atoms with Crippen LogP contribution in [0.25, 0.3) is 0 Å². The Morgan fingerprint density at radius 1 is 1.36 bits per heavy atom. The van der Waals surface area contributed by atoms with Crippen LogP contribution in [0.4, 0.5) is 5.69 Å². The minimum absolute atomic E-state index is 0.152. The number of benzene rings is 1. The predicted octanol–water partition coefficient (Wildman–Crippen LogP) is 1.15. The second-order valence-corrected chi connectivity index (χ2v) is 5.06. The molecule has 3 N–H and O–H groups in total. The van der Waals surface area contributed by atoms with Gasteiger partial charge in [-0.2, -0.15) is 0 Å². The molecule has 22 heavy (non-hydrogen) atoms. The molecule has 0 radical (unpaired) electrons. The van der Waals surface area contributed by atoms with Gasteiger partial charge < -0.3 is 15.6 Å². The number of hydrogen-bond donors (Lipinski definition) is 2. The highest BCUT2D eigenvalue weighted by molar-refractivity contribution is 6.03. The number of anilines is 1. The third kappa shape index (κ3) is 4.16. The van der Waals surface area contributed by atoms with Crippen LogP contribution in [0.5, 0.6) is 0 Å². The summed E-state index contributed by atoms with van der Waals surface area (Å²) in [5.41, 5.74) is 6.72. The van der Waals surface area contributed by atoms with E-state index >= 15 is 0 Å². The topological polar surface area (TPSA) is 101 Å². The van der Waals surface area contributed by atoms with Crippen LogP contribution in [0.15, 0.2) is 34.9 Å². The zero-order valence-corrected chi connectivity index (χ0v) is 12.5. The summed E-state index contributed by atoms with van der Waals surface area (Å²) in [4.78, 5) is 25.1. The molecule has 1 aromatic carbocycles. The molecule has 0 atom stereocenters. The number of nitrogens with zero attached hydrogens (tertiary/aromatic N) is 2. The van der Waals surface area contributed by atoms with Gasteiger partial charge in [0.05, 0.1) is 23.5 Å². The van der Waals surface area contributed by atoms with Gasteiger partial charge in [0.2, 0.25) is 5.91 Å². The molecular formula is C15H18N4O3. The summed E-state index contributed by atoms with van der Waals surface area (Å²) in [5, 5.41) is 6.56. The van der Waals surface area contributed by atoms with Crippen molar-refractivity contribution in [2.45, 2.75) is 13.5 Å². The van der Waals surface area contributed by atoms with E-state index in [1.165, 1.54) is 0 Å². The summed E-state index contributed by atoms with van der Waals surface area (Å²) in [5.74, 6) is -0.0954. The molecule has 7 nitrogen and oxygen atoms in total. The van der Waals surface area contributed by atoms with Crippen molar-refractivity contribution in [2.24, 2.45) is 5.73 Å². The summed E-state index contributed by atoms with van der Waals surface area (Å²) in [7, 11) is 1.80. The van der Waals surface area contributed by atoms with Crippen LogP contribution in [0, 0.1) is 6.92 Å². The summed E-state index contributed by atoms with van der Waals surface area (Å²) in [6.07, 6.45) is 0. The van der Waals surface area contributed by atoms with Crippen LogP contribution in [-0.2, 0) is 11.3 Å². The number of carbonyl (C=O) groups excluding carboxylic acids is 2. The maximum atomic E-state index is 12.0. The normalized spacial score (nSPS) is 10.7. The van der Waals surface area contributed by atoms with Gasteiger partial charge in [0.1, 0.15) is 5.76 Å². The van der Waals surface area contributed by atoms with Crippen LogP contribution >= 0.6 is 0 Å². The van der Waals surface area contributed by atoms with Gasteiger partial charge in [-0.05, 0) is 26.1 Å². The molecule has 0 spiro atoms. The first-order valence-corrected chi connectivity index (χ1v) is 6.75. The fourth-order valence-electron chi connectivity index (χ4n) is 2.07. The molecule has 116 valence electrons. The van der Waals surface area contributed by atoms with E-state index < -0.39 is 5.91 Å². The summed E-state index contributed by atoms with van der Waals surface area (Å²) in [6, 6.07) is 8.44. The minimum Gasteiger partial charge on any atom is -0.366 e. The van der Waals surface area contributed by atoms with Crippen molar-refractivity contribution in [3.05, 3.63) is 47.3 Å². The largest absolute Gasteiger partial charge is 0.366 e. The second kappa shape index (κ2) is 6.86. The lowest BCUT2D eigenvalue weighted by Gasteiger charge is -2.15. The SMILES string of the molecule is Cc1cc(CN(C)CC(=O)Nc2ccccc2C(N)=O)no1. The van der Waals surface area contributed by atoms with Crippen molar-refractivity contribution >= 4 is 17.5 Å². The Morgan fingerprint density at radius 2 is 2.09 bits per heavy atom. The number of para-hydroxylation sites is 1. The van der Waals surface area contributed by atoms with E-state index in [0.29, 0.717) is 12.2 Å². The van der Waals surface area contributed by atoms with E-state index in [2.05, 4.69) is 10.5 Å². The Bertz CT molecular complexity index is 681. The Balaban J connectivity index is 1.94. The molecule has 0 bridgehead atoms. The molecule has 1 aromatic heterocycles. The number of carbonyl (C=O) groups is 2. The number of amides is 2. The van der Waals surface area contributed by atoms with Crippen LogP contribution in [0.3, 0.4) is 0 Å². The molecule has 0 unspecified atom stereocenters. The van der Waals surface area contributed by atoms with Crippen molar-refractivity contribution < 1.29 is 14.1 Å². The van der Waals surface area contributed by atoms with E-state index in [1.54, 1.807) is 36.2 Å². The number of likely N-dealkylation sites (N-methyl/N-ethyl adjacent to an activating group) is 1. The number of primary amides is 1. The number of hydrogen-bond acceptors (Lipinski definition) is 5. The van der Waals surface area contributed by atoms with E-state index in [0.717, 1.165) is 11.5 Å². The lowest BCUT2D eigenvalue weighted by molar-refractivity contribution is -0.117. The van der Waals surface area contributed by atoms with Gasteiger partial charge in [0.15, 0.2) is 0 Å². The van der Waals surface area contributed by atoms with Crippen molar-refractivity contribution in [2.75, 3.05) is 18.9 Å². The number of nitrogens with one attached hydrogen (secondary N) is 1. The Labute approximate surface area is 128 Å². The molecule has 7 heteroatoms. The first-order chi connectivity index (χ1) is 10.5. The molecule has 1 heterocycles. The third-order valence-corrected chi connectivity index (χ3v) is 2.99. The predicted molar refractivity (Wildman–Crippen MR) is 81.2 cm³/mol. The average Bonchev–Trinajstić information content (AvgIpc) is 2.83. The van der Waals surface area contributed by atoms with Crippen LogP contribution in [0.2, 0.25) is 0 Å². The van der Waals surface area contributed by atoms with E-state index in [4.69, 9.17) is 10.3 Å². The average molecular weight is 302 g/mol. The van der Waals surface area contributed by atoms with Crippen LogP contribution < -0.4 is 11.1 Å². The maximum Gasteiger partial charge on any atom is 0.250 e. The van der Waals surface area contributed by atoms with Crippen molar-refractivity contribution in [1.82, 2.24) is 10.1 Å². The van der Waals surface area contributed by atoms with Crippen LogP contribution in [-0.4, -0.2) is 35.5 Å². The third-order valence-electron chi connectivity index (χ3n) is 2.99. The Morgan fingerprint density at radius 3 is 2.73 bits per heavy atom. The lowest BCUT2D eigenvalue weighted by atomic mass is 10.1. The van der Waals surface area contributed by atoms with Gasteiger partial charge in [0, 0.05) is 12.6 Å². The number of rotatable bonds is 6. The molecule has 0 aliphatic carbocycles. The highest BCUT2D eigenvalue weighted by atomic mass is 16.5. The molecule has 2 rings (SSSR count). The van der Waals surface area contributed by atoms with E-state index in [-0.39, 0.29) is 18.0 Å². The molecule has 0 saturated heterocycles. The molecule has 0 fully saturated rings. The first kappa shape index (κ1) is 15.7. The number of aromatic nitrogens is 1. The molecule has 2 aromatic rings. The van der Waals surface area contributed by atoms with Gasteiger partial charge in [0.25, 0.3) is 5.91 Å². The van der Waals surface area contributed by atoms with Gasteiger partial charge in [-0.3, -0.25) is 14.5 Å². The Kier molecular flexibility index (Phi) is 4.90. The highest BCUT2D eigenvalue weighted by Crippen LogP contribution is 2.14. The summed E-state index contributed by atoms with van der Waals surface area (Å²) >= 11 is 0. The lowest BCUT2D eigenvalue weighted by Crippen LogP contribution is -2.30. The number of nitrogens with two attached hydrogens (primary N) is 1. The standard InChI is InChI=1S/C15H18N4O3/c1-10-7-11(18-22-10)8-19(2)9-14(20)17-13-6-4-3-5-12(13)15(16)21/h3-7H,8-9H2,1-2H3,(H2,16,21)(H,17,20). The molecular weight excluding hydrogens is 284 g/mol. The van der Waals surface area contributed by atoms with Crippen molar-refractivity contribution in [1.29, 1.82) is 0 Å². The molecule has 2 amide bonds. The zero-order chi connectivity index (χ0) is 16.1. The van der Waals surface area contributed by atoms with Gasteiger partial charge >= 0.3 is 0 Å². The first-order valence-electron chi connectivity index (χ1n) is 6.75. The highest BCUT2D eigenvalue weighted by Gasteiger charge is 2.13. The van der Waals surface area contributed by atoms with Crippen molar-refractivity contribution in [3.63, 3.8) is 0 Å². The monoisotopic (exact) mass is 302 g/mol. The molecule has 0 saturated carbocycles. The summed E-state index contributed by atoms with van der Waals surface area (Å²) in [6.45, 7) is 2.45. The van der Waals surface area contributed by atoms with Gasteiger partial charge in [-0.1, -0.05) is 17.3 Å². The summed E-state index contributed by atoms with van der Waals surface area (Å²) < 4.78 is 4.98. The van der Waals surface area contributed by atoms with E-state index in [1.807, 2.05) is 13.0 Å². The van der Waals surface area contributed by atoms with E-state index in [9.17, 15) is 9.59 Å². The molecule has 0 aliphatic heterocycles. The Hall–Kier alpha value is -2.67. The van der Waals surface area contributed by atoms with Gasteiger partial charge in [-0.25, -0.2) is 0 Å². The fraction of sp³-hybridized carbons (Fsp3) is 0.267. The minimum atomic E-state index is -0.581. The maximum absolute atomic E-state index is 12.0. The van der Waals surface area contributed by atoms with Gasteiger partial charge in [-0.15, -0.1) is 0 Å². The quantitative estimate of drug-likeness (QED) is 0.833. The number of aryl methyl sites for hydroxylation is 1. The smallest absolute Gasteiger partial charge is 0.250 e.